The van der Waals surface area contributed by atoms with Crippen molar-refractivity contribution in [1.29, 1.82) is 0 Å². The number of rotatable bonds is 15. The van der Waals surface area contributed by atoms with Gasteiger partial charge in [-0.25, -0.2) is 23.4 Å². The van der Waals surface area contributed by atoms with Gasteiger partial charge in [0.1, 0.15) is 30.5 Å². The molecule has 2 aliphatic heterocycles. The zero-order chi connectivity index (χ0) is 46.7. The number of anilines is 2. The molecule has 5 aromatic carbocycles. The van der Waals surface area contributed by atoms with Gasteiger partial charge in [0.15, 0.2) is 6.54 Å². The third kappa shape index (κ3) is 10.1. The Labute approximate surface area is 399 Å². The van der Waals surface area contributed by atoms with Crippen LogP contribution in [0.3, 0.4) is 0 Å². The lowest BCUT2D eigenvalue weighted by Crippen LogP contribution is -2.46. The van der Waals surface area contributed by atoms with Crippen LogP contribution in [0.15, 0.2) is 133 Å². The molecule has 2 aromatic heterocycles. The lowest BCUT2D eigenvalue weighted by molar-refractivity contribution is -0.689. The lowest BCUT2D eigenvalue weighted by Gasteiger charge is -2.37. The highest BCUT2D eigenvalue weighted by Crippen LogP contribution is 2.40. The summed E-state index contributed by atoms with van der Waals surface area (Å²) in [6, 6.07) is 34.6. The first-order chi connectivity index (χ1) is 32.4. The number of piperazine rings is 1. The molecule has 2 aliphatic rings. The van der Waals surface area contributed by atoms with Crippen molar-refractivity contribution in [3.63, 3.8) is 0 Å². The fraction of sp³-hybridized carbons (Fsp3) is 0.314. The molecule has 0 saturated carbocycles. The Bertz CT molecular complexity index is 2870. The van der Waals surface area contributed by atoms with Crippen LogP contribution in [0.25, 0.3) is 5.69 Å². The van der Waals surface area contributed by atoms with E-state index in [2.05, 4.69) is 44.3 Å². The van der Waals surface area contributed by atoms with Crippen LogP contribution in [0, 0.1) is 13.8 Å². The molecule has 9 rings (SSSR count). The molecule has 0 radical (unpaired) electrons. The Kier molecular flexibility index (Phi) is 13.5. The topological polar surface area (TPSA) is 122 Å². The second kappa shape index (κ2) is 19.8. The van der Waals surface area contributed by atoms with Crippen LogP contribution in [-0.2, 0) is 28.4 Å². The van der Waals surface area contributed by atoms with Crippen molar-refractivity contribution >= 4 is 40.5 Å². The van der Waals surface area contributed by atoms with Crippen LogP contribution in [0.4, 0.5) is 11.4 Å². The van der Waals surface area contributed by atoms with Gasteiger partial charge >= 0.3 is 11.7 Å². The van der Waals surface area contributed by atoms with Crippen molar-refractivity contribution in [1.82, 2.24) is 24.1 Å². The largest absolute Gasteiger partial charge is 0.491 e. The van der Waals surface area contributed by atoms with Gasteiger partial charge < -0.3 is 28.7 Å². The fourth-order valence-corrected chi connectivity index (χ4v) is 9.23. The molecular weight excluding hydrogens is 892 g/mol. The van der Waals surface area contributed by atoms with Gasteiger partial charge in [0, 0.05) is 53.2 Å². The number of aryl methyl sites for hydroxylation is 2. The van der Waals surface area contributed by atoms with Crippen molar-refractivity contribution in [2.45, 2.75) is 65.1 Å². The molecule has 14 nitrogen and oxygen atoms in total. The van der Waals surface area contributed by atoms with E-state index in [1.54, 1.807) is 46.2 Å². The highest BCUT2D eigenvalue weighted by atomic mass is 35.5. The van der Waals surface area contributed by atoms with Gasteiger partial charge in [0.2, 0.25) is 12.1 Å². The monoisotopic (exact) mass is 943 g/mol. The first-order valence-electron chi connectivity index (χ1n) is 22.5. The molecule has 2 saturated heterocycles. The number of ether oxygens (including phenoxy) is 4. The van der Waals surface area contributed by atoms with E-state index in [4.69, 9.17) is 42.1 Å². The molecule has 16 heteroatoms. The highest BCUT2D eigenvalue weighted by Gasteiger charge is 2.47. The minimum Gasteiger partial charge on any atom is -0.491 e. The van der Waals surface area contributed by atoms with Gasteiger partial charge in [0.25, 0.3) is 6.33 Å². The number of hydrogen-bond donors (Lipinski definition) is 0. The summed E-state index contributed by atoms with van der Waals surface area (Å²) < 4.78 is 32.2. The average Bonchev–Trinajstić information content (AvgIpc) is 4.08. The zero-order valence-electron chi connectivity index (χ0n) is 37.9. The second-order valence-electron chi connectivity index (χ2n) is 17.1. The minimum absolute atomic E-state index is 0.0502. The summed E-state index contributed by atoms with van der Waals surface area (Å²) in [5, 5.41) is 9.91. The fourth-order valence-electron chi connectivity index (χ4n) is 8.68. The molecule has 0 bridgehead atoms. The second-order valence-corrected chi connectivity index (χ2v) is 18.0. The van der Waals surface area contributed by atoms with Crippen molar-refractivity contribution in [2.24, 2.45) is 0 Å². The Morgan fingerprint density at radius 1 is 0.866 bits per heavy atom. The number of nitrogens with zero attached hydrogens (tertiary/aromatic N) is 8. The minimum atomic E-state index is -1.26. The molecular formula is C51H53Cl2N8O6+. The molecule has 0 amide bonds. The van der Waals surface area contributed by atoms with Crippen LogP contribution in [0.5, 0.6) is 11.5 Å². The van der Waals surface area contributed by atoms with Crippen molar-refractivity contribution in [3.05, 3.63) is 177 Å². The molecule has 0 N–H and O–H groups in total. The first-order valence-corrected chi connectivity index (χ1v) is 23.3. The molecule has 4 heterocycles. The van der Waals surface area contributed by atoms with Crippen molar-refractivity contribution in [2.75, 3.05) is 49.2 Å². The Balaban J connectivity index is 0.799. The summed E-state index contributed by atoms with van der Waals surface area (Å²) >= 11 is 13.1. The van der Waals surface area contributed by atoms with E-state index >= 15 is 0 Å². The van der Waals surface area contributed by atoms with E-state index in [1.807, 2.05) is 99.3 Å². The molecule has 7 aromatic rings. The lowest BCUT2D eigenvalue weighted by atomic mass is 10.1. The van der Waals surface area contributed by atoms with E-state index in [9.17, 15) is 9.59 Å². The number of benzene rings is 5. The number of halogens is 2. The van der Waals surface area contributed by atoms with E-state index in [-0.39, 0.29) is 31.5 Å². The normalized spacial score (nSPS) is 17.7. The van der Waals surface area contributed by atoms with Gasteiger partial charge in [-0.05, 0) is 129 Å². The summed E-state index contributed by atoms with van der Waals surface area (Å²) in [5.74, 6) is -0.375. The molecule has 2 fully saturated rings. The zero-order valence-corrected chi connectivity index (χ0v) is 39.4. The number of hydrogen-bond acceptors (Lipinski definition) is 10. The van der Waals surface area contributed by atoms with E-state index in [1.165, 1.54) is 4.68 Å². The summed E-state index contributed by atoms with van der Waals surface area (Å²) in [6.45, 7) is 12.6. The Morgan fingerprint density at radius 3 is 2.18 bits per heavy atom. The van der Waals surface area contributed by atoms with E-state index in [0.29, 0.717) is 33.5 Å². The molecule has 3 unspecified atom stereocenters. The van der Waals surface area contributed by atoms with Crippen LogP contribution < -0.4 is 29.5 Å². The van der Waals surface area contributed by atoms with Crippen LogP contribution in [0.1, 0.15) is 58.9 Å². The van der Waals surface area contributed by atoms with Gasteiger partial charge in [-0.2, -0.15) is 5.10 Å². The smallest absolute Gasteiger partial charge is 0.350 e. The SMILES string of the molecule is CCC(C)n1ncn(-c2ccc(N3CCN(c4ccc(OCC5COC(Cn6c[n+](Cc7cc(C)c(OC(=O)c8ccccc8)c(C)c7)cn6)(c6ccc(Cl)cc6Cl)O5)cc4)CC3)cc2)c1=O. The summed E-state index contributed by atoms with van der Waals surface area (Å²) in [5.41, 5.74) is 6.80. The third-order valence-electron chi connectivity index (χ3n) is 12.4. The van der Waals surface area contributed by atoms with E-state index < -0.39 is 17.9 Å². The number of carbonyl (C=O) groups excluding carboxylic acids is 1. The standard InChI is InChI=1S/C51H53Cl2N8O6/c1-5-37(4)61-50(63)60(33-55-61)43-14-12-41(13-15-43)57-21-23-58(24-22-57)42-16-18-44(19-17-42)64-29-45-30-65-51(67-45,46-20-11-40(52)27-47(46)53)31-59-34-56(32-54-59)28-38-25-35(2)48(36(3)26-38)66-49(62)39-9-7-6-8-10-39/h6-20,25-27,32-34,37,45H,5,21-24,28-31H2,1-4H3/q+1. The number of esters is 1. The van der Waals surface area contributed by atoms with Gasteiger partial charge in [-0.1, -0.05) is 54.4 Å². The third-order valence-corrected chi connectivity index (χ3v) is 13.0. The molecule has 0 aliphatic carbocycles. The molecule has 67 heavy (non-hydrogen) atoms. The molecule has 0 spiro atoms. The predicted molar refractivity (Wildman–Crippen MR) is 257 cm³/mol. The van der Waals surface area contributed by atoms with Crippen LogP contribution >= 0.6 is 23.2 Å². The maximum atomic E-state index is 12.9. The maximum Gasteiger partial charge on any atom is 0.350 e. The quantitative estimate of drug-likeness (QED) is 0.0564. The highest BCUT2D eigenvalue weighted by molar-refractivity contribution is 6.35. The maximum absolute atomic E-state index is 12.9. The predicted octanol–water partition coefficient (Wildman–Crippen LogP) is 8.35. The Hall–Kier alpha value is -6.45. The molecule has 3 atom stereocenters. The van der Waals surface area contributed by atoms with Crippen LogP contribution in [-0.4, -0.2) is 75.6 Å². The van der Waals surface area contributed by atoms with Crippen LogP contribution in [0.2, 0.25) is 10.0 Å². The van der Waals surface area contributed by atoms with Gasteiger partial charge in [0.05, 0.1) is 35.5 Å². The first kappa shape index (κ1) is 45.7. The summed E-state index contributed by atoms with van der Waals surface area (Å²) in [6.07, 6.45) is 5.68. The number of aromatic nitrogens is 6. The van der Waals surface area contributed by atoms with E-state index in [0.717, 1.165) is 72.1 Å². The molecule has 346 valence electrons. The summed E-state index contributed by atoms with van der Waals surface area (Å²) in [4.78, 5) is 30.4. The van der Waals surface area contributed by atoms with Gasteiger partial charge in [-0.15, -0.1) is 4.68 Å². The number of carbonyl (C=O) groups is 1. The van der Waals surface area contributed by atoms with Gasteiger partial charge in [-0.3, -0.25) is 0 Å². The van der Waals surface area contributed by atoms with Crippen molar-refractivity contribution < 1.29 is 28.3 Å². The van der Waals surface area contributed by atoms with Crippen molar-refractivity contribution in [3.8, 4) is 17.2 Å². The average molecular weight is 945 g/mol. The summed E-state index contributed by atoms with van der Waals surface area (Å²) in [7, 11) is 0. The Morgan fingerprint density at radius 2 is 1.52 bits per heavy atom.